The van der Waals surface area contributed by atoms with Crippen molar-refractivity contribution < 1.29 is 14.6 Å². The third-order valence-corrected chi connectivity index (χ3v) is 3.45. The average Bonchev–Trinajstić information content (AvgIpc) is 2.45. The van der Waals surface area contributed by atoms with Crippen LogP contribution < -0.4 is 14.8 Å². The van der Waals surface area contributed by atoms with Gasteiger partial charge in [-0.3, -0.25) is 0 Å². The summed E-state index contributed by atoms with van der Waals surface area (Å²) in [5.74, 6) is 1.40. The van der Waals surface area contributed by atoms with Crippen LogP contribution in [0.3, 0.4) is 0 Å². The fraction of sp³-hybridized carbons (Fsp3) is 0.600. The molecule has 0 aromatic heterocycles. The molecule has 0 radical (unpaired) electrons. The van der Waals surface area contributed by atoms with E-state index in [0.717, 1.165) is 5.56 Å². The largest absolute Gasteiger partial charge is 0.493 e. The first-order valence-corrected chi connectivity index (χ1v) is 6.75. The van der Waals surface area contributed by atoms with Gasteiger partial charge in [0.15, 0.2) is 11.5 Å². The Morgan fingerprint density at radius 2 is 1.95 bits per heavy atom. The number of rotatable bonds is 8. The lowest BCUT2D eigenvalue weighted by atomic mass is 9.99. The summed E-state index contributed by atoms with van der Waals surface area (Å²) in [5, 5.41) is 13.4. The number of para-hydroxylation sites is 1. The second-order valence-electron chi connectivity index (χ2n) is 4.70. The highest BCUT2D eigenvalue weighted by molar-refractivity contribution is 5.46. The van der Waals surface area contributed by atoms with Crippen molar-refractivity contribution in [3.63, 3.8) is 0 Å². The predicted molar refractivity (Wildman–Crippen MR) is 76.8 cm³/mol. The number of hydrogen-bond donors (Lipinski definition) is 2. The Kier molecular flexibility index (Phi) is 6.12. The summed E-state index contributed by atoms with van der Waals surface area (Å²) in [4.78, 5) is 0. The highest BCUT2D eigenvalue weighted by Gasteiger charge is 2.24. The van der Waals surface area contributed by atoms with Crippen molar-refractivity contribution in [2.45, 2.75) is 38.8 Å². The third kappa shape index (κ3) is 4.11. The van der Waals surface area contributed by atoms with E-state index in [9.17, 15) is 5.11 Å². The molecule has 19 heavy (non-hydrogen) atoms. The van der Waals surface area contributed by atoms with Crippen LogP contribution in [-0.4, -0.2) is 31.5 Å². The molecule has 0 atom stereocenters. The van der Waals surface area contributed by atoms with Gasteiger partial charge in [-0.25, -0.2) is 0 Å². The zero-order chi connectivity index (χ0) is 14.3. The van der Waals surface area contributed by atoms with Crippen molar-refractivity contribution in [1.82, 2.24) is 5.32 Å². The summed E-state index contributed by atoms with van der Waals surface area (Å²) in [6, 6.07) is 5.79. The molecule has 1 aromatic carbocycles. The molecular weight excluding hydrogens is 242 g/mol. The molecular formula is C15H25NO3. The first-order valence-electron chi connectivity index (χ1n) is 6.75. The van der Waals surface area contributed by atoms with Crippen molar-refractivity contribution >= 4 is 0 Å². The Balaban J connectivity index is 2.91. The van der Waals surface area contributed by atoms with Crippen molar-refractivity contribution in [2.24, 2.45) is 0 Å². The second-order valence-corrected chi connectivity index (χ2v) is 4.70. The van der Waals surface area contributed by atoms with E-state index >= 15 is 0 Å². The quantitative estimate of drug-likeness (QED) is 0.759. The number of ether oxygens (including phenoxy) is 2. The first kappa shape index (κ1) is 15.8. The van der Waals surface area contributed by atoms with E-state index in [2.05, 4.69) is 5.32 Å². The van der Waals surface area contributed by atoms with E-state index in [1.807, 2.05) is 39.1 Å². The summed E-state index contributed by atoms with van der Waals surface area (Å²) in [6.45, 7) is 4.90. The molecule has 4 heteroatoms. The van der Waals surface area contributed by atoms with E-state index in [0.29, 0.717) is 30.9 Å². The Hall–Kier alpha value is -1.26. The van der Waals surface area contributed by atoms with E-state index in [1.54, 1.807) is 7.11 Å². The average molecular weight is 267 g/mol. The lowest BCUT2D eigenvalue weighted by Gasteiger charge is -2.26. The Labute approximate surface area is 115 Å². The molecule has 0 spiro atoms. The van der Waals surface area contributed by atoms with Gasteiger partial charge in [0, 0.05) is 12.1 Å². The molecule has 0 bridgehead atoms. The maximum absolute atomic E-state index is 10.3. The maximum atomic E-state index is 10.3. The van der Waals surface area contributed by atoms with Crippen LogP contribution in [0.1, 0.15) is 32.3 Å². The maximum Gasteiger partial charge on any atom is 0.165 e. The molecule has 0 heterocycles. The second kappa shape index (κ2) is 7.36. The fourth-order valence-electron chi connectivity index (χ4n) is 1.88. The molecule has 0 saturated heterocycles. The van der Waals surface area contributed by atoms with Crippen LogP contribution in [0.25, 0.3) is 0 Å². The summed E-state index contributed by atoms with van der Waals surface area (Å²) < 4.78 is 11.2. The monoisotopic (exact) mass is 267 g/mol. The third-order valence-electron chi connectivity index (χ3n) is 3.45. The van der Waals surface area contributed by atoms with Gasteiger partial charge in [-0.1, -0.05) is 26.0 Å². The number of benzene rings is 1. The molecule has 108 valence electrons. The van der Waals surface area contributed by atoms with E-state index in [4.69, 9.17) is 9.47 Å². The van der Waals surface area contributed by atoms with Gasteiger partial charge in [-0.2, -0.15) is 0 Å². The minimum atomic E-state index is -0.780. The van der Waals surface area contributed by atoms with Crippen LogP contribution in [0.5, 0.6) is 11.5 Å². The standard InChI is InChI=1S/C15H25NO3/c1-5-15(17,6-2)11-19-14-12(10-16-3)8-7-9-13(14)18-4/h7-9,16-17H,5-6,10-11H2,1-4H3. The molecule has 0 saturated carbocycles. The SMILES string of the molecule is CCC(O)(CC)COc1c(CNC)cccc1OC. The normalized spacial score (nSPS) is 11.4. The summed E-state index contributed by atoms with van der Waals surface area (Å²) in [5.41, 5.74) is 0.244. The lowest BCUT2D eigenvalue weighted by Crippen LogP contribution is -2.34. The minimum Gasteiger partial charge on any atom is -0.493 e. The Morgan fingerprint density at radius 3 is 2.47 bits per heavy atom. The molecule has 1 aromatic rings. The van der Waals surface area contributed by atoms with Crippen LogP contribution in [0.4, 0.5) is 0 Å². The molecule has 0 aliphatic carbocycles. The smallest absolute Gasteiger partial charge is 0.165 e. The highest BCUT2D eigenvalue weighted by Crippen LogP contribution is 2.32. The summed E-state index contributed by atoms with van der Waals surface area (Å²) in [6.07, 6.45) is 1.33. The van der Waals surface area contributed by atoms with Gasteiger partial charge in [-0.15, -0.1) is 0 Å². The number of aliphatic hydroxyl groups is 1. The van der Waals surface area contributed by atoms with Gasteiger partial charge >= 0.3 is 0 Å². The van der Waals surface area contributed by atoms with Crippen molar-refractivity contribution in [3.8, 4) is 11.5 Å². The molecule has 0 amide bonds. The molecule has 1 rings (SSSR count). The van der Waals surface area contributed by atoms with Gasteiger partial charge in [0.25, 0.3) is 0 Å². The fourth-order valence-corrected chi connectivity index (χ4v) is 1.88. The van der Waals surface area contributed by atoms with E-state index in [-0.39, 0.29) is 6.61 Å². The predicted octanol–water partition coefficient (Wildman–Crippen LogP) is 2.34. The van der Waals surface area contributed by atoms with Crippen LogP contribution in [0.15, 0.2) is 18.2 Å². The van der Waals surface area contributed by atoms with Crippen LogP contribution >= 0.6 is 0 Å². The van der Waals surface area contributed by atoms with Crippen LogP contribution in [0.2, 0.25) is 0 Å². The molecule has 0 unspecified atom stereocenters. The van der Waals surface area contributed by atoms with Gasteiger partial charge in [0.2, 0.25) is 0 Å². The molecule has 4 nitrogen and oxygen atoms in total. The number of nitrogens with one attached hydrogen (secondary N) is 1. The molecule has 2 N–H and O–H groups in total. The zero-order valence-electron chi connectivity index (χ0n) is 12.3. The number of hydrogen-bond acceptors (Lipinski definition) is 4. The van der Waals surface area contributed by atoms with Crippen molar-refractivity contribution in [1.29, 1.82) is 0 Å². The van der Waals surface area contributed by atoms with Crippen LogP contribution in [-0.2, 0) is 6.54 Å². The van der Waals surface area contributed by atoms with Gasteiger partial charge in [0.05, 0.1) is 12.7 Å². The molecule has 0 aliphatic rings. The number of methoxy groups -OCH3 is 1. The Morgan fingerprint density at radius 1 is 1.26 bits per heavy atom. The van der Waals surface area contributed by atoms with Crippen LogP contribution in [0, 0.1) is 0 Å². The molecule has 0 aliphatic heterocycles. The molecule has 0 fully saturated rings. The highest BCUT2D eigenvalue weighted by atomic mass is 16.5. The van der Waals surface area contributed by atoms with E-state index < -0.39 is 5.60 Å². The van der Waals surface area contributed by atoms with Crippen molar-refractivity contribution in [2.75, 3.05) is 20.8 Å². The minimum absolute atomic E-state index is 0.275. The topological polar surface area (TPSA) is 50.7 Å². The van der Waals surface area contributed by atoms with Crippen molar-refractivity contribution in [3.05, 3.63) is 23.8 Å². The van der Waals surface area contributed by atoms with Gasteiger partial charge in [0.1, 0.15) is 6.61 Å². The summed E-state index contributed by atoms with van der Waals surface area (Å²) in [7, 11) is 3.51. The van der Waals surface area contributed by atoms with Gasteiger partial charge in [-0.05, 0) is 26.0 Å². The van der Waals surface area contributed by atoms with Gasteiger partial charge < -0.3 is 19.9 Å². The zero-order valence-corrected chi connectivity index (χ0v) is 12.3. The Bertz CT molecular complexity index is 389. The summed E-state index contributed by atoms with van der Waals surface area (Å²) >= 11 is 0. The van der Waals surface area contributed by atoms with E-state index in [1.165, 1.54) is 0 Å². The lowest BCUT2D eigenvalue weighted by molar-refractivity contribution is -0.0122. The first-order chi connectivity index (χ1) is 9.10.